The van der Waals surface area contributed by atoms with Gasteiger partial charge in [0.05, 0.1) is 17.7 Å². The molecule has 1 aliphatic heterocycles. The number of morpholine rings is 1. The molecule has 1 rings (SSSR count). The van der Waals surface area contributed by atoms with Crippen LogP contribution in [0.4, 0.5) is 0 Å². The van der Waals surface area contributed by atoms with Gasteiger partial charge in [0.2, 0.25) is 0 Å². The maximum absolute atomic E-state index is 11.7. The summed E-state index contributed by atoms with van der Waals surface area (Å²) in [5.74, 6) is 0.344. The first-order valence-electron chi connectivity index (χ1n) is 6.18. The lowest BCUT2D eigenvalue weighted by Gasteiger charge is -2.47. The van der Waals surface area contributed by atoms with Crippen molar-refractivity contribution in [3.63, 3.8) is 0 Å². The van der Waals surface area contributed by atoms with Gasteiger partial charge in [0.15, 0.2) is 0 Å². The van der Waals surface area contributed by atoms with Gasteiger partial charge in [0.25, 0.3) is 0 Å². The maximum atomic E-state index is 11.7. The van der Waals surface area contributed by atoms with Crippen LogP contribution in [0.3, 0.4) is 0 Å². The molecular weight excluding hydrogens is 202 g/mol. The Bertz CT molecular complexity index is 243. The molecule has 0 aromatic heterocycles. The average molecular weight is 227 g/mol. The molecule has 0 bridgehead atoms. The van der Waals surface area contributed by atoms with E-state index < -0.39 is 0 Å². The molecule has 0 unspecified atom stereocenters. The molecule has 0 aliphatic carbocycles. The molecule has 94 valence electrons. The third-order valence-corrected chi connectivity index (χ3v) is 2.69. The summed E-state index contributed by atoms with van der Waals surface area (Å²) < 4.78 is 5.98. The zero-order chi connectivity index (χ0) is 12.4. The monoisotopic (exact) mass is 227 g/mol. The van der Waals surface area contributed by atoms with Crippen LogP contribution in [0.25, 0.3) is 0 Å². The number of rotatable bonds is 4. The SMILES string of the molecule is CCCC(=O)CN1CC(C)(C)OC(C)(C)C1. The van der Waals surface area contributed by atoms with Crippen molar-refractivity contribution >= 4 is 5.78 Å². The van der Waals surface area contributed by atoms with E-state index in [1.54, 1.807) is 0 Å². The Morgan fingerprint density at radius 2 is 1.69 bits per heavy atom. The van der Waals surface area contributed by atoms with E-state index in [1.807, 2.05) is 6.92 Å². The van der Waals surface area contributed by atoms with Crippen LogP contribution in [0, 0.1) is 0 Å². The molecule has 0 N–H and O–H groups in total. The Kier molecular flexibility index (Phi) is 4.13. The third kappa shape index (κ3) is 4.22. The van der Waals surface area contributed by atoms with Crippen molar-refractivity contribution in [2.75, 3.05) is 19.6 Å². The fraction of sp³-hybridized carbons (Fsp3) is 0.923. The Morgan fingerprint density at radius 3 is 2.12 bits per heavy atom. The summed E-state index contributed by atoms with van der Waals surface area (Å²) in [7, 11) is 0. The van der Waals surface area contributed by atoms with Crippen molar-refractivity contribution in [1.29, 1.82) is 0 Å². The van der Waals surface area contributed by atoms with Gasteiger partial charge in [-0.15, -0.1) is 0 Å². The molecular formula is C13H25NO2. The molecule has 3 nitrogen and oxygen atoms in total. The van der Waals surface area contributed by atoms with Crippen LogP contribution in [-0.4, -0.2) is 41.5 Å². The van der Waals surface area contributed by atoms with Crippen molar-refractivity contribution in [2.24, 2.45) is 0 Å². The van der Waals surface area contributed by atoms with Gasteiger partial charge in [-0.1, -0.05) is 6.92 Å². The number of ketones is 1. The topological polar surface area (TPSA) is 29.5 Å². The smallest absolute Gasteiger partial charge is 0.146 e. The van der Waals surface area contributed by atoms with Crippen molar-refractivity contribution in [3.8, 4) is 0 Å². The molecule has 1 saturated heterocycles. The van der Waals surface area contributed by atoms with Gasteiger partial charge >= 0.3 is 0 Å². The summed E-state index contributed by atoms with van der Waals surface area (Å²) in [6.45, 7) is 12.7. The minimum atomic E-state index is -0.158. The number of Topliss-reactive ketones (excluding diaryl/α,β-unsaturated/α-hetero) is 1. The lowest BCUT2D eigenvalue weighted by atomic mass is 9.98. The van der Waals surface area contributed by atoms with Gasteiger partial charge in [-0.2, -0.15) is 0 Å². The second-order valence-electron chi connectivity index (χ2n) is 6.06. The highest BCUT2D eigenvalue weighted by atomic mass is 16.5. The Labute approximate surface area is 99.1 Å². The first-order chi connectivity index (χ1) is 7.24. The predicted octanol–water partition coefficient (Wildman–Crippen LogP) is 2.25. The molecule has 0 amide bonds. The Hall–Kier alpha value is -0.410. The van der Waals surface area contributed by atoms with Gasteiger partial charge in [0, 0.05) is 19.5 Å². The standard InChI is InChI=1S/C13H25NO2/c1-6-7-11(15)8-14-9-12(2,3)16-13(4,5)10-14/h6-10H2,1-5H3. The van der Waals surface area contributed by atoms with E-state index >= 15 is 0 Å². The van der Waals surface area contributed by atoms with Gasteiger partial charge < -0.3 is 4.74 Å². The molecule has 0 aromatic carbocycles. The van der Waals surface area contributed by atoms with E-state index in [4.69, 9.17) is 4.74 Å². The quantitative estimate of drug-likeness (QED) is 0.737. The molecule has 0 radical (unpaired) electrons. The summed E-state index contributed by atoms with van der Waals surface area (Å²) in [4.78, 5) is 13.9. The highest BCUT2D eigenvalue weighted by Crippen LogP contribution is 2.27. The molecule has 0 spiro atoms. The van der Waals surface area contributed by atoms with Gasteiger partial charge in [-0.05, 0) is 34.1 Å². The summed E-state index contributed by atoms with van der Waals surface area (Å²) >= 11 is 0. The molecule has 1 aliphatic rings. The van der Waals surface area contributed by atoms with E-state index in [9.17, 15) is 4.79 Å². The number of carbonyl (C=O) groups excluding carboxylic acids is 1. The third-order valence-electron chi connectivity index (χ3n) is 2.69. The van der Waals surface area contributed by atoms with Gasteiger partial charge in [0.1, 0.15) is 5.78 Å². The normalized spacial score (nSPS) is 24.3. The molecule has 0 atom stereocenters. The summed E-state index contributed by atoms with van der Waals surface area (Å²) in [5.41, 5.74) is -0.317. The molecule has 1 heterocycles. The van der Waals surface area contributed by atoms with Crippen LogP contribution in [0.2, 0.25) is 0 Å². The lowest BCUT2D eigenvalue weighted by molar-refractivity contribution is -0.180. The van der Waals surface area contributed by atoms with Crippen LogP contribution >= 0.6 is 0 Å². The van der Waals surface area contributed by atoms with Crippen molar-refractivity contribution in [1.82, 2.24) is 4.90 Å². The fourth-order valence-electron chi connectivity index (χ4n) is 2.66. The Balaban J connectivity index is 2.57. The molecule has 3 heteroatoms. The molecule has 1 fully saturated rings. The minimum absolute atomic E-state index is 0.158. The summed E-state index contributed by atoms with van der Waals surface area (Å²) in [6.07, 6.45) is 1.63. The van der Waals surface area contributed by atoms with Crippen LogP contribution < -0.4 is 0 Å². The van der Waals surface area contributed by atoms with Gasteiger partial charge in [-0.25, -0.2) is 0 Å². The molecule has 0 aromatic rings. The molecule has 16 heavy (non-hydrogen) atoms. The second kappa shape index (κ2) is 4.84. The second-order valence-corrected chi connectivity index (χ2v) is 6.06. The van der Waals surface area contributed by atoms with E-state index in [-0.39, 0.29) is 11.2 Å². The number of carbonyl (C=O) groups is 1. The first kappa shape index (κ1) is 13.7. The lowest BCUT2D eigenvalue weighted by Crippen LogP contribution is -2.57. The van der Waals surface area contributed by atoms with Crippen molar-refractivity contribution in [3.05, 3.63) is 0 Å². The van der Waals surface area contributed by atoms with Crippen LogP contribution in [0.15, 0.2) is 0 Å². The summed E-state index contributed by atoms with van der Waals surface area (Å²) in [5, 5.41) is 0. The van der Waals surface area contributed by atoms with E-state index in [2.05, 4.69) is 32.6 Å². The zero-order valence-corrected chi connectivity index (χ0v) is 11.3. The van der Waals surface area contributed by atoms with Gasteiger partial charge in [-0.3, -0.25) is 9.69 Å². The zero-order valence-electron chi connectivity index (χ0n) is 11.3. The van der Waals surface area contributed by atoms with Crippen LogP contribution in [0.5, 0.6) is 0 Å². The number of hydrogen-bond acceptors (Lipinski definition) is 3. The highest BCUT2D eigenvalue weighted by molar-refractivity contribution is 5.80. The van der Waals surface area contributed by atoms with E-state index in [0.29, 0.717) is 18.7 Å². The molecule has 0 saturated carbocycles. The number of ether oxygens (including phenoxy) is 1. The highest BCUT2D eigenvalue weighted by Gasteiger charge is 2.38. The van der Waals surface area contributed by atoms with Crippen molar-refractivity contribution < 1.29 is 9.53 Å². The summed E-state index contributed by atoms with van der Waals surface area (Å²) in [6, 6.07) is 0. The van der Waals surface area contributed by atoms with E-state index in [0.717, 1.165) is 19.5 Å². The van der Waals surface area contributed by atoms with Crippen LogP contribution in [0.1, 0.15) is 47.5 Å². The maximum Gasteiger partial charge on any atom is 0.146 e. The van der Waals surface area contributed by atoms with Crippen molar-refractivity contribution in [2.45, 2.75) is 58.7 Å². The van der Waals surface area contributed by atoms with Crippen LogP contribution in [-0.2, 0) is 9.53 Å². The number of nitrogens with zero attached hydrogens (tertiary/aromatic N) is 1. The largest absolute Gasteiger partial charge is 0.367 e. The first-order valence-corrected chi connectivity index (χ1v) is 6.18. The van der Waals surface area contributed by atoms with E-state index in [1.165, 1.54) is 0 Å². The Morgan fingerprint density at radius 1 is 1.19 bits per heavy atom. The number of hydrogen-bond donors (Lipinski definition) is 0. The average Bonchev–Trinajstić information content (AvgIpc) is 1.96. The fourth-order valence-corrected chi connectivity index (χ4v) is 2.66. The minimum Gasteiger partial charge on any atom is -0.367 e. The predicted molar refractivity (Wildman–Crippen MR) is 65.6 cm³/mol.